The molecule has 0 bridgehead atoms. The molecule has 76 valence electrons. The van der Waals surface area contributed by atoms with E-state index >= 15 is 0 Å². The summed E-state index contributed by atoms with van der Waals surface area (Å²) in [5.74, 6) is 0. The van der Waals surface area contributed by atoms with Crippen molar-refractivity contribution in [1.82, 2.24) is 4.98 Å². The number of nitrogens with two attached hydrogens (primary N) is 1. The zero-order valence-electron chi connectivity index (χ0n) is 7.76. The Labute approximate surface area is 97.0 Å². The molecule has 0 radical (unpaired) electrons. The van der Waals surface area contributed by atoms with Gasteiger partial charge in [0.2, 0.25) is 0 Å². The fourth-order valence-corrected chi connectivity index (χ4v) is 2.17. The summed E-state index contributed by atoms with van der Waals surface area (Å²) < 4.78 is 0.977. The van der Waals surface area contributed by atoms with Gasteiger partial charge in [0.15, 0.2) is 0 Å². The van der Waals surface area contributed by atoms with Crippen molar-refractivity contribution >= 4 is 27.5 Å². The number of aromatic nitrogens is 1. The van der Waals surface area contributed by atoms with E-state index in [1.807, 2.05) is 6.07 Å². The molecule has 1 fully saturated rings. The molecule has 0 saturated heterocycles. The number of halogens is 2. The lowest BCUT2D eigenvalue weighted by molar-refractivity contribution is 0.520. The van der Waals surface area contributed by atoms with Crippen LogP contribution in [0.1, 0.15) is 18.4 Å². The standard InChI is InChI=1S/C10H12BrClN2/c11-8-3-7(9(12)14-5-8)4-10(6-13)1-2-10/h3,5H,1-2,4,6,13H2. The Morgan fingerprint density at radius 1 is 1.57 bits per heavy atom. The minimum atomic E-state index is 0.312. The van der Waals surface area contributed by atoms with E-state index in [1.54, 1.807) is 6.20 Å². The third-order valence-corrected chi connectivity index (χ3v) is 3.61. The van der Waals surface area contributed by atoms with Gasteiger partial charge in [-0.3, -0.25) is 0 Å². The smallest absolute Gasteiger partial charge is 0.132 e. The van der Waals surface area contributed by atoms with E-state index < -0.39 is 0 Å². The van der Waals surface area contributed by atoms with Crippen molar-refractivity contribution in [2.24, 2.45) is 11.1 Å². The summed E-state index contributed by atoms with van der Waals surface area (Å²) in [4.78, 5) is 4.10. The number of pyridine rings is 1. The summed E-state index contributed by atoms with van der Waals surface area (Å²) in [5, 5.41) is 0.605. The van der Waals surface area contributed by atoms with Crippen molar-refractivity contribution in [2.75, 3.05) is 6.54 Å². The summed E-state index contributed by atoms with van der Waals surface area (Å²) >= 11 is 9.41. The van der Waals surface area contributed by atoms with Gasteiger partial charge in [0.05, 0.1) is 0 Å². The summed E-state index contributed by atoms with van der Waals surface area (Å²) in [7, 11) is 0. The van der Waals surface area contributed by atoms with Gasteiger partial charge in [-0.15, -0.1) is 0 Å². The maximum absolute atomic E-state index is 6.01. The molecule has 0 aliphatic heterocycles. The number of rotatable bonds is 3. The van der Waals surface area contributed by atoms with E-state index in [1.165, 1.54) is 12.8 Å². The van der Waals surface area contributed by atoms with Gasteiger partial charge in [0.25, 0.3) is 0 Å². The Morgan fingerprint density at radius 2 is 2.29 bits per heavy atom. The molecular formula is C10H12BrClN2. The van der Waals surface area contributed by atoms with Crippen LogP contribution in [0, 0.1) is 5.41 Å². The van der Waals surface area contributed by atoms with Crippen LogP contribution in [0.4, 0.5) is 0 Å². The highest BCUT2D eigenvalue weighted by atomic mass is 79.9. The van der Waals surface area contributed by atoms with Crippen LogP contribution in [-0.4, -0.2) is 11.5 Å². The Bertz CT molecular complexity index is 350. The third-order valence-electron chi connectivity index (χ3n) is 2.83. The molecule has 14 heavy (non-hydrogen) atoms. The minimum absolute atomic E-state index is 0.312. The molecule has 1 aromatic heterocycles. The molecular weight excluding hydrogens is 263 g/mol. The Balaban J connectivity index is 2.20. The summed E-state index contributed by atoms with van der Waals surface area (Å²) in [6, 6.07) is 2.03. The summed E-state index contributed by atoms with van der Waals surface area (Å²) in [6.07, 6.45) is 5.10. The molecule has 2 rings (SSSR count). The monoisotopic (exact) mass is 274 g/mol. The predicted octanol–water partition coefficient (Wildman–Crippen LogP) is 2.78. The van der Waals surface area contributed by atoms with Crippen molar-refractivity contribution in [2.45, 2.75) is 19.3 Å². The van der Waals surface area contributed by atoms with Crippen LogP contribution in [0.2, 0.25) is 5.15 Å². The lowest BCUT2D eigenvalue weighted by atomic mass is 9.98. The first-order valence-corrected chi connectivity index (χ1v) is 5.82. The highest BCUT2D eigenvalue weighted by Gasteiger charge is 2.41. The number of nitrogens with zero attached hydrogens (tertiary/aromatic N) is 1. The van der Waals surface area contributed by atoms with Gasteiger partial charge in [-0.05, 0) is 58.8 Å². The lowest BCUT2D eigenvalue weighted by Gasteiger charge is -2.12. The van der Waals surface area contributed by atoms with Crippen LogP contribution in [0.5, 0.6) is 0 Å². The van der Waals surface area contributed by atoms with Crippen LogP contribution >= 0.6 is 27.5 Å². The zero-order valence-corrected chi connectivity index (χ0v) is 10.1. The second-order valence-corrected chi connectivity index (χ2v) is 5.26. The fourth-order valence-electron chi connectivity index (χ4n) is 1.62. The normalized spacial score (nSPS) is 18.2. The first kappa shape index (κ1) is 10.4. The van der Waals surface area contributed by atoms with E-state index in [0.717, 1.165) is 23.0 Å². The van der Waals surface area contributed by atoms with Gasteiger partial charge < -0.3 is 5.73 Å². The SMILES string of the molecule is NCC1(Cc2cc(Br)cnc2Cl)CC1. The van der Waals surface area contributed by atoms with E-state index in [0.29, 0.717) is 10.6 Å². The highest BCUT2D eigenvalue weighted by molar-refractivity contribution is 9.10. The Morgan fingerprint density at radius 3 is 2.86 bits per heavy atom. The van der Waals surface area contributed by atoms with Gasteiger partial charge in [-0.25, -0.2) is 4.98 Å². The van der Waals surface area contributed by atoms with Gasteiger partial charge >= 0.3 is 0 Å². The van der Waals surface area contributed by atoms with Crippen LogP contribution in [0.3, 0.4) is 0 Å². The molecule has 0 aromatic carbocycles. The van der Waals surface area contributed by atoms with Crippen molar-refractivity contribution < 1.29 is 0 Å². The first-order chi connectivity index (χ1) is 6.65. The fraction of sp³-hybridized carbons (Fsp3) is 0.500. The lowest BCUT2D eigenvalue weighted by Crippen LogP contribution is -2.18. The summed E-state index contributed by atoms with van der Waals surface area (Å²) in [5.41, 5.74) is 7.14. The molecule has 2 nitrogen and oxygen atoms in total. The average Bonchev–Trinajstić information content (AvgIpc) is 2.92. The second-order valence-electron chi connectivity index (χ2n) is 3.98. The third kappa shape index (κ3) is 2.10. The van der Waals surface area contributed by atoms with Crippen molar-refractivity contribution in [3.8, 4) is 0 Å². The molecule has 2 N–H and O–H groups in total. The van der Waals surface area contributed by atoms with Crippen LogP contribution in [-0.2, 0) is 6.42 Å². The van der Waals surface area contributed by atoms with Gasteiger partial charge in [0.1, 0.15) is 5.15 Å². The van der Waals surface area contributed by atoms with Crippen LogP contribution in [0.25, 0.3) is 0 Å². The molecule has 1 aliphatic rings. The highest BCUT2D eigenvalue weighted by Crippen LogP contribution is 2.48. The number of hydrogen-bond acceptors (Lipinski definition) is 2. The molecule has 0 amide bonds. The van der Waals surface area contributed by atoms with Crippen molar-refractivity contribution in [1.29, 1.82) is 0 Å². The predicted molar refractivity (Wildman–Crippen MR) is 61.4 cm³/mol. The second kappa shape index (κ2) is 3.80. The van der Waals surface area contributed by atoms with Gasteiger partial charge in [-0.1, -0.05) is 11.6 Å². The number of hydrogen-bond donors (Lipinski definition) is 1. The zero-order chi connectivity index (χ0) is 10.2. The van der Waals surface area contributed by atoms with Crippen molar-refractivity contribution in [3.05, 3.63) is 27.5 Å². The average molecular weight is 276 g/mol. The van der Waals surface area contributed by atoms with E-state index in [9.17, 15) is 0 Å². The molecule has 1 saturated carbocycles. The largest absolute Gasteiger partial charge is 0.330 e. The minimum Gasteiger partial charge on any atom is -0.330 e. The van der Waals surface area contributed by atoms with Crippen molar-refractivity contribution in [3.63, 3.8) is 0 Å². The van der Waals surface area contributed by atoms with Gasteiger partial charge in [-0.2, -0.15) is 0 Å². The Kier molecular flexibility index (Phi) is 2.82. The van der Waals surface area contributed by atoms with Crippen LogP contribution in [0.15, 0.2) is 16.7 Å². The van der Waals surface area contributed by atoms with E-state index in [-0.39, 0.29) is 0 Å². The molecule has 1 aromatic rings. The quantitative estimate of drug-likeness (QED) is 0.862. The maximum atomic E-state index is 6.01. The van der Waals surface area contributed by atoms with Crippen LogP contribution < -0.4 is 5.73 Å². The molecule has 0 atom stereocenters. The molecule has 1 aliphatic carbocycles. The topological polar surface area (TPSA) is 38.9 Å². The van der Waals surface area contributed by atoms with E-state index in [2.05, 4.69) is 20.9 Å². The Hall–Kier alpha value is -0.120. The van der Waals surface area contributed by atoms with E-state index in [4.69, 9.17) is 17.3 Å². The molecule has 0 unspecified atom stereocenters. The first-order valence-electron chi connectivity index (χ1n) is 4.65. The maximum Gasteiger partial charge on any atom is 0.132 e. The molecule has 0 spiro atoms. The van der Waals surface area contributed by atoms with Gasteiger partial charge in [0, 0.05) is 10.7 Å². The molecule has 1 heterocycles. The summed E-state index contributed by atoms with van der Waals surface area (Å²) in [6.45, 7) is 0.746. The molecule has 4 heteroatoms.